The molecule has 0 aliphatic heterocycles. The van der Waals surface area contributed by atoms with Gasteiger partial charge in [0.25, 0.3) is 0 Å². The Morgan fingerprint density at radius 2 is 1.95 bits per heavy atom. The number of hydrogen-bond donors (Lipinski definition) is 2. The fraction of sp³-hybridized carbons (Fsp3) is 0.429. The number of carbonyl (C=O) groups excluding carboxylic acids is 2. The van der Waals surface area contributed by atoms with E-state index in [9.17, 15) is 9.59 Å². The lowest BCUT2D eigenvalue weighted by atomic mass is 10.0. The molecule has 0 atom stereocenters. The average Bonchev–Trinajstić information content (AvgIpc) is 2.34. The maximum atomic E-state index is 11.9. The summed E-state index contributed by atoms with van der Waals surface area (Å²) < 4.78 is 5.07. The van der Waals surface area contributed by atoms with E-state index in [0.29, 0.717) is 17.8 Å². The van der Waals surface area contributed by atoms with E-state index in [1.807, 2.05) is 26.8 Å². The number of benzene rings is 1. The molecule has 3 N–H and O–H groups in total. The summed E-state index contributed by atoms with van der Waals surface area (Å²) in [6.07, 6.45) is 0.167. The lowest BCUT2D eigenvalue weighted by molar-refractivity contribution is -0.121. The van der Waals surface area contributed by atoms with Gasteiger partial charge >= 0.3 is 5.97 Å². The van der Waals surface area contributed by atoms with Gasteiger partial charge in [-0.15, -0.1) is 0 Å². The summed E-state index contributed by atoms with van der Waals surface area (Å²) in [5, 5.41) is 2.64. The molecule has 1 amide bonds. The average molecular weight is 264 g/mol. The molecular formula is C14H20N2O3. The summed E-state index contributed by atoms with van der Waals surface area (Å²) >= 11 is 0. The summed E-state index contributed by atoms with van der Waals surface area (Å²) in [6.45, 7) is 6.18. The van der Waals surface area contributed by atoms with Crippen LogP contribution in [0.5, 0.6) is 0 Å². The molecule has 0 unspecified atom stereocenters. The van der Waals surface area contributed by atoms with E-state index in [1.165, 1.54) is 0 Å². The van der Waals surface area contributed by atoms with Gasteiger partial charge in [-0.05, 0) is 38.0 Å². The summed E-state index contributed by atoms with van der Waals surface area (Å²) in [4.78, 5) is 23.1. The van der Waals surface area contributed by atoms with Gasteiger partial charge in [-0.2, -0.15) is 0 Å². The number of ether oxygens (including phenoxy) is 1. The molecule has 0 heterocycles. The summed E-state index contributed by atoms with van der Waals surface area (Å²) in [5.74, 6) is -0.580. The van der Waals surface area contributed by atoms with Gasteiger partial charge in [-0.3, -0.25) is 4.79 Å². The minimum atomic E-state index is -0.450. The number of anilines is 1. The maximum Gasteiger partial charge on any atom is 0.338 e. The number of nitrogen functional groups attached to an aromatic ring is 1. The molecule has 5 heteroatoms. The van der Waals surface area contributed by atoms with Gasteiger partial charge in [0.2, 0.25) is 5.91 Å². The van der Waals surface area contributed by atoms with Crippen LogP contribution in [0.2, 0.25) is 0 Å². The second-order valence-electron chi connectivity index (χ2n) is 4.36. The standard InChI is InChI=1S/C14H20N2O3/c1-4-16-13(17)5-6-19-14(18)11-8-12(15)10(3)7-9(11)2/h7-8H,4-6,15H2,1-3H3,(H,16,17). The Hall–Kier alpha value is -2.04. The van der Waals surface area contributed by atoms with E-state index < -0.39 is 5.97 Å². The van der Waals surface area contributed by atoms with Gasteiger partial charge in [0.15, 0.2) is 0 Å². The quantitative estimate of drug-likeness (QED) is 0.624. The van der Waals surface area contributed by atoms with Crippen molar-refractivity contribution in [2.24, 2.45) is 0 Å². The molecule has 0 spiro atoms. The number of rotatable bonds is 5. The molecule has 5 nitrogen and oxygen atoms in total. The highest BCUT2D eigenvalue weighted by molar-refractivity contribution is 5.92. The monoisotopic (exact) mass is 264 g/mol. The minimum Gasteiger partial charge on any atom is -0.462 e. The highest BCUT2D eigenvalue weighted by Gasteiger charge is 2.13. The third-order valence-corrected chi connectivity index (χ3v) is 2.77. The summed E-state index contributed by atoms with van der Waals surface area (Å²) in [5.41, 5.74) is 8.51. The molecule has 0 radical (unpaired) electrons. The summed E-state index contributed by atoms with van der Waals surface area (Å²) in [7, 11) is 0. The molecule has 0 fully saturated rings. The lowest BCUT2D eigenvalue weighted by Crippen LogP contribution is -2.24. The van der Waals surface area contributed by atoms with Crippen LogP contribution in [-0.2, 0) is 9.53 Å². The zero-order valence-corrected chi connectivity index (χ0v) is 11.6. The maximum absolute atomic E-state index is 11.9. The van der Waals surface area contributed by atoms with Crippen molar-refractivity contribution >= 4 is 17.6 Å². The predicted octanol–water partition coefficient (Wildman–Crippen LogP) is 1.57. The predicted molar refractivity (Wildman–Crippen MR) is 73.9 cm³/mol. The van der Waals surface area contributed by atoms with Crippen LogP contribution >= 0.6 is 0 Å². The van der Waals surface area contributed by atoms with Crippen molar-refractivity contribution in [3.8, 4) is 0 Å². The highest BCUT2D eigenvalue weighted by atomic mass is 16.5. The molecule has 104 valence electrons. The molecule has 1 rings (SSSR count). The van der Waals surface area contributed by atoms with Crippen LogP contribution in [-0.4, -0.2) is 25.0 Å². The number of amides is 1. The van der Waals surface area contributed by atoms with Crippen LogP contribution in [0.25, 0.3) is 0 Å². The summed E-state index contributed by atoms with van der Waals surface area (Å²) in [6, 6.07) is 3.45. The van der Waals surface area contributed by atoms with Gasteiger partial charge in [0.05, 0.1) is 12.0 Å². The smallest absolute Gasteiger partial charge is 0.338 e. The van der Waals surface area contributed by atoms with Gasteiger partial charge in [-0.1, -0.05) is 6.07 Å². The lowest BCUT2D eigenvalue weighted by Gasteiger charge is -2.09. The molecule has 1 aromatic rings. The van der Waals surface area contributed by atoms with E-state index in [1.54, 1.807) is 6.07 Å². The zero-order chi connectivity index (χ0) is 14.4. The van der Waals surface area contributed by atoms with Crippen LogP contribution < -0.4 is 11.1 Å². The Morgan fingerprint density at radius 3 is 2.58 bits per heavy atom. The fourth-order valence-electron chi connectivity index (χ4n) is 1.69. The molecule has 1 aromatic carbocycles. The van der Waals surface area contributed by atoms with Gasteiger partial charge < -0.3 is 15.8 Å². The van der Waals surface area contributed by atoms with Crippen molar-refractivity contribution < 1.29 is 14.3 Å². The zero-order valence-electron chi connectivity index (χ0n) is 11.6. The van der Waals surface area contributed by atoms with E-state index in [-0.39, 0.29) is 18.9 Å². The number of carbonyl (C=O) groups is 2. The van der Waals surface area contributed by atoms with E-state index in [2.05, 4.69) is 5.32 Å². The van der Waals surface area contributed by atoms with Gasteiger partial charge in [0.1, 0.15) is 6.61 Å². The van der Waals surface area contributed by atoms with E-state index in [0.717, 1.165) is 11.1 Å². The Kier molecular flexibility index (Phi) is 5.36. The minimum absolute atomic E-state index is 0.0673. The Morgan fingerprint density at radius 1 is 1.26 bits per heavy atom. The third-order valence-electron chi connectivity index (χ3n) is 2.77. The number of hydrogen-bond acceptors (Lipinski definition) is 4. The van der Waals surface area contributed by atoms with Crippen LogP contribution in [0.1, 0.15) is 34.8 Å². The number of nitrogens with two attached hydrogens (primary N) is 1. The first-order chi connectivity index (χ1) is 8.95. The van der Waals surface area contributed by atoms with Crippen LogP contribution in [0.3, 0.4) is 0 Å². The van der Waals surface area contributed by atoms with Crippen molar-refractivity contribution in [1.82, 2.24) is 5.32 Å². The number of nitrogens with one attached hydrogen (secondary N) is 1. The number of aryl methyl sites for hydroxylation is 2. The molecule has 0 aliphatic rings. The van der Waals surface area contributed by atoms with Crippen molar-refractivity contribution in [2.75, 3.05) is 18.9 Å². The third kappa shape index (κ3) is 4.28. The largest absolute Gasteiger partial charge is 0.462 e. The van der Waals surface area contributed by atoms with Crippen molar-refractivity contribution in [1.29, 1.82) is 0 Å². The molecule has 0 aliphatic carbocycles. The SMILES string of the molecule is CCNC(=O)CCOC(=O)c1cc(N)c(C)cc1C. The first-order valence-corrected chi connectivity index (χ1v) is 6.26. The topological polar surface area (TPSA) is 81.4 Å². The normalized spacial score (nSPS) is 10.1. The Labute approximate surface area is 113 Å². The van der Waals surface area contributed by atoms with E-state index in [4.69, 9.17) is 10.5 Å². The van der Waals surface area contributed by atoms with Crippen molar-refractivity contribution in [3.63, 3.8) is 0 Å². The van der Waals surface area contributed by atoms with Crippen molar-refractivity contribution in [2.45, 2.75) is 27.2 Å². The first-order valence-electron chi connectivity index (χ1n) is 6.26. The Balaban J connectivity index is 2.59. The second-order valence-corrected chi connectivity index (χ2v) is 4.36. The van der Waals surface area contributed by atoms with Gasteiger partial charge in [0, 0.05) is 12.2 Å². The molecule has 0 bridgehead atoms. The highest BCUT2D eigenvalue weighted by Crippen LogP contribution is 2.18. The number of esters is 1. The van der Waals surface area contributed by atoms with Crippen molar-refractivity contribution in [3.05, 3.63) is 28.8 Å². The molecule has 0 saturated carbocycles. The Bertz CT molecular complexity index is 484. The molecular weight excluding hydrogens is 244 g/mol. The first kappa shape index (κ1) is 15.0. The molecule has 0 aromatic heterocycles. The van der Waals surface area contributed by atoms with E-state index >= 15 is 0 Å². The van der Waals surface area contributed by atoms with Crippen LogP contribution in [0.15, 0.2) is 12.1 Å². The fourth-order valence-corrected chi connectivity index (χ4v) is 1.69. The second kappa shape index (κ2) is 6.78. The molecule has 0 saturated heterocycles. The van der Waals surface area contributed by atoms with Crippen LogP contribution in [0.4, 0.5) is 5.69 Å². The molecule has 19 heavy (non-hydrogen) atoms. The van der Waals surface area contributed by atoms with Gasteiger partial charge in [-0.25, -0.2) is 4.79 Å². The van der Waals surface area contributed by atoms with Crippen LogP contribution in [0, 0.1) is 13.8 Å².